The molecule has 1 unspecified atom stereocenters. The average molecular weight is 324 g/mol. The molecule has 1 saturated heterocycles. The van der Waals surface area contributed by atoms with Crippen molar-refractivity contribution in [2.75, 3.05) is 6.54 Å². The van der Waals surface area contributed by atoms with E-state index in [2.05, 4.69) is 25.5 Å². The topological polar surface area (TPSA) is 98.7 Å². The maximum absolute atomic E-state index is 11.5. The Morgan fingerprint density at radius 2 is 2.25 bits per heavy atom. The lowest BCUT2D eigenvalue weighted by atomic mass is 9.89. The van der Waals surface area contributed by atoms with Gasteiger partial charge >= 0.3 is 0 Å². The number of nitrogens with zero attached hydrogens (tertiary/aromatic N) is 5. The van der Waals surface area contributed by atoms with Gasteiger partial charge in [0.1, 0.15) is 12.7 Å². The normalized spacial score (nSPS) is 20.3. The maximum Gasteiger partial charge on any atom is 0.235 e. The van der Waals surface area contributed by atoms with Crippen LogP contribution >= 0.6 is 0 Å². The third-order valence-electron chi connectivity index (χ3n) is 4.29. The quantitative estimate of drug-likeness (QED) is 0.782. The molecule has 1 aliphatic heterocycles. The Morgan fingerprint density at radius 1 is 1.38 bits per heavy atom. The SMILES string of the molecule is Cc1cc(-c2noc(C3(C)CNC(=O)C3)n2)ccc1-n1cncn1. The minimum atomic E-state index is -0.446. The van der Waals surface area contributed by atoms with Gasteiger partial charge in [-0.1, -0.05) is 5.16 Å². The molecule has 8 nitrogen and oxygen atoms in total. The molecule has 8 heteroatoms. The Bertz CT molecular complexity index is 901. The number of nitrogens with one attached hydrogen (secondary N) is 1. The molecule has 1 aliphatic rings. The Labute approximate surface area is 137 Å². The molecule has 0 bridgehead atoms. The van der Waals surface area contributed by atoms with Gasteiger partial charge in [0.05, 0.1) is 11.1 Å². The molecular weight excluding hydrogens is 308 g/mol. The molecule has 1 fully saturated rings. The van der Waals surface area contributed by atoms with Gasteiger partial charge < -0.3 is 9.84 Å². The van der Waals surface area contributed by atoms with Crippen molar-refractivity contribution in [1.29, 1.82) is 0 Å². The summed E-state index contributed by atoms with van der Waals surface area (Å²) in [6.45, 7) is 4.45. The second-order valence-corrected chi connectivity index (χ2v) is 6.28. The molecule has 2 aromatic heterocycles. The predicted octanol–water partition coefficient (Wildman–Crippen LogP) is 1.40. The van der Waals surface area contributed by atoms with Gasteiger partial charge in [-0.3, -0.25) is 4.79 Å². The van der Waals surface area contributed by atoms with Crippen molar-refractivity contribution in [1.82, 2.24) is 30.2 Å². The third-order valence-corrected chi connectivity index (χ3v) is 4.29. The number of benzene rings is 1. The zero-order chi connectivity index (χ0) is 16.7. The minimum absolute atomic E-state index is 0.00489. The molecule has 3 heterocycles. The zero-order valence-corrected chi connectivity index (χ0v) is 13.4. The Morgan fingerprint density at radius 3 is 2.92 bits per heavy atom. The van der Waals surface area contributed by atoms with Gasteiger partial charge in [-0.2, -0.15) is 10.1 Å². The first-order chi connectivity index (χ1) is 11.5. The fraction of sp³-hybridized carbons (Fsp3) is 0.312. The molecule has 4 rings (SSSR count). The van der Waals surface area contributed by atoms with E-state index in [9.17, 15) is 4.79 Å². The number of aryl methyl sites for hydroxylation is 1. The van der Waals surface area contributed by atoms with Crippen LogP contribution in [0.3, 0.4) is 0 Å². The summed E-state index contributed by atoms with van der Waals surface area (Å²) in [5, 5.41) is 11.0. The van der Waals surface area contributed by atoms with Gasteiger partial charge in [-0.15, -0.1) is 0 Å². The van der Waals surface area contributed by atoms with E-state index in [1.54, 1.807) is 11.0 Å². The van der Waals surface area contributed by atoms with Crippen LogP contribution in [0.2, 0.25) is 0 Å². The smallest absolute Gasteiger partial charge is 0.235 e. The van der Waals surface area contributed by atoms with E-state index >= 15 is 0 Å². The number of aromatic nitrogens is 5. The van der Waals surface area contributed by atoms with E-state index in [0.29, 0.717) is 24.7 Å². The molecule has 1 amide bonds. The fourth-order valence-electron chi connectivity index (χ4n) is 2.89. The lowest BCUT2D eigenvalue weighted by Gasteiger charge is -2.14. The van der Waals surface area contributed by atoms with E-state index < -0.39 is 5.41 Å². The van der Waals surface area contributed by atoms with Crippen LogP contribution in [0.15, 0.2) is 35.4 Å². The average Bonchev–Trinajstić information content (AvgIpc) is 3.28. The standard InChI is InChI=1S/C16H16N6O2/c1-10-5-11(3-4-12(10)22-9-17-8-19-22)14-20-15(24-21-14)16(2)6-13(23)18-7-16/h3-5,8-9H,6-7H2,1-2H3,(H,18,23). The van der Waals surface area contributed by atoms with Crippen molar-refractivity contribution < 1.29 is 9.32 Å². The van der Waals surface area contributed by atoms with Crippen molar-refractivity contribution in [3.63, 3.8) is 0 Å². The highest BCUT2D eigenvalue weighted by atomic mass is 16.5. The first-order valence-corrected chi connectivity index (χ1v) is 7.62. The molecule has 0 spiro atoms. The highest BCUT2D eigenvalue weighted by molar-refractivity contribution is 5.80. The molecule has 0 radical (unpaired) electrons. The predicted molar refractivity (Wildman–Crippen MR) is 84.4 cm³/mol. The number of hydrogen-bond donors (Lipinski definition) is 1. The molecule has 0 saturated carbocycles. The van der Waals surface area contributed by atoms with Crippen molar-refractivity contribution in [2.45, 2.75) is 25.7 Å². The van der Waals surface area contributed by atoms with E-state index in [4.69, 9.17) is 4.52 Å². The maximum atomic E-state index is 11.5. The summed E-state index contributed by atoms with van der Waals surface area (Å²) in [5.41, 5.74) is 2.37. The molecule has 1 atom stereocenters. The molecule has 0 aliphatic carbocycles. The van der Waals surface area contributed by atoms with Crippen molar-refractivity contribution in [3.05, 3.63) is 42.3 Å². The van der Waals surface area contributed by atoms with Crippen LogP contribution in [0.4, 0.5) is 0 Å². The number of carbonyl (C=O) groups excluding carboxylic acids is 1. The molecule has 24 heavy (non-hydrogen) atoms. The van der Waals surface area contributed by atoms with Crippen LogP contribution in [0.1, 0.15) is 24.8 Å². The van der Waals surface area contributed by atoms with E-state index in [0.717, 1.165) is 16.8 Å². The van der Waals surface area contributed by atoms with Gasteiger partial charge in [-0.25, -0.2) is 9.67 Å². The third kappa shape index (κ3) is 2.36. The first kappa shape index (κ1) is 14.6. The largest absolute Gasteiger partial charge is 0.355 e. The van der Waals surface area contributed by atoms with Gasteiger partial charge in [-0.05, 0) is 37.6 Å². The fourth-order valence-corrected chi connectivity index (χ4v) is 2.89. The van der Waals surface area contributed by atoms with Gasteiger partial charge in [0, 0.05) is 18.5 Å². The molecular formula is C16H16N6O2. The van der Waals surface area contributed by atoms with Crippen molar-refractivity contribution in [2.24, 2.45) is 0 Å². The summed E-state index contributed by atoms with van der Waals surface area (Å²) in [7, 11) is 0. The van der Waals surface area contributed by atoms with Crippen LogP contribution in [-0.2, 0) is 10.2 Å². The summed E-state index contributed by atoms with van der Waals surface area (Å²) < 4.78 is 7.12. The number of carbonyl (C=O) groups is 1. The van der Waals surface area contributed by atoms with Crippen LogP contribution < -0.4 is 5.32 Å². The summed E-state index contributed by atoms with van der Waals surface area (Å²) in [6.07, 6.45) is 3.51. The summed E-state index contributed by atoms with van der Waals surface area (Å²) in [5.74, 6) is 0.998. The Hall–Kier alpha value is -3.03. The molecule has 3 aromatic rings. The summed E-state index contributed by atoms with van der Waals surface area (Å²) >= 11 is 0. The lowest BCUT2D eigenvalue weighted by molar-refractivity contribution is -0.119. The first-order valence-electron chi connectivity index (χ1n) is 7.62. The van der Waals surface area contributed by atoms with Gasteiger partial charge in [0.25, 0.3) is 0 Å². The highest BCUT2D eigenvalue weighted by Gasteiger charge is 2.40. The van der Waals surface area contributed by atoms with Crippen LogP contribution in [-0.4, -0.2) is 37.4 Å². The Kier molecular flexibility index (Phi) is 3.19. The second kappa shape index (κ2) is 5.26. The van der Waals surface area contributed by atoms with Gasteiger partial charge in [0.2, 0.25) is 17.6 Å². The van der Waals surface area contributed by atoms with E-state index in [-0.39, 0.29) is 5.91 Å². The Balaban J connectivity index is 1.66. The van der Waals surface area contributed by atoms with Crippen molar-refractivity contribution in [3.8, 4) is 17.1 Å². The molecule has 122 valence electrons. The van der Waals surface area contributed by atoms with Crippen LogP contribution in [0.5, 0.6) is 0 Å². The van der Waals surface area contributed by atoms with E-state index in [1.807, 2.05) is 32.0 Å². The number of amides is 1. The summed E-state index contributed by atoms with van der Waals surface area (Å²) in [4.78, 5) is 19.9. The highest BCUT2D eigenvalue weighted by Crippen LogP contribution is 2.31. The molecule has 1 aromatic carbocycles. The summed E-state index contributed by atoms with van der Waals surface area (Å²) in [6, 6.07) is 5.84. The van der Waals surface area contributed by atoms with Gasteiger partial charge in [0.15, 0.2) is 0 Å². The zero-order valence-electron chi connectivity index (χ0n) is 13.4. The molecule has 1 N–H and O–H groups in total. The monoisotopic (exact) mass is 324 g/mol. The van der Waals surface area contributed by atoms with Crippen LogP contribution in [0, 0.1) is 6.92 Å². The number of hydrogen-bond acceptors (Lipinski definition) is 6. The lowest BCUT2D eigenvalue weighted by Crippen LogP contribution is -2.25. The van der Waals surface area contributed by atoms with Crippen molar-refractivity contribution >= 4 is 5.91 Å². The minimum Gasteiger partial charge on any atom is -0.355 e. The number of rotatable bonds is 3. The van der Waals surface area contributed by atoms with E-state index in [1.165, 1.54) is 6.33 Å². The van der Waals surface area contributed by atoms with Crippen LogP contribution in [0.25, 0.3) is 17.1 Å². The second-order valence-electron chi connectivity index (χ2n) is 6.28.